The Balaban J connectivity index is 1.28. The van der Waals surface area contributed by atoms with Crippen LogP contribution in [0.2, 0.25) is 0 Å². The number of rotatable bonds is 11. The molecule has 3 aromatic carbocycles. The Hall–Kier alpha value is -6.66. The number of aliphatic imine (C=N–C) groups is 1. The van der Waals surface area contributed by atoms with Gasteiger partial charge in [0, 0.05) is 43.4 Å². The van der Waals surface area contributed by atoms with Crippen molar-refractivity contribution in [1.82, 2.24) is 19.9 Å². The number of aromatic nitrogens is 2. The second-order valence-corrected chi connectivity index (χ2v) is 15.8. The van der Waals surface area contributed by atoms with Crippen LogP contribution in [0.25, 0.3) is 6.08 Å². The SMILES string of the molecule is CCCN(OCC)C(=O)C1=Cc2ncc(C(=O)Nc3cnc4c(c3)CN(C(=O)OC(C)(C)C)CC4)cc2NC(=NC(c2ccccc2)(c2ccccc2)c2ccccc2)C1. The minimum Gasteiger partial charge on any atom is -0.444 e. The van der Waals surface area contributed by atoms with Crippen molar-refractivity contribution in [3.63, 3.8) is 0 Å². The van der Waals surface area contributed by atoms with Crippen molar-refractivity contribution < 1.29 is 24.0 Å². The zero-order chi connectivity index (χ0) is 42.3. The first-order chi connectivity index (χ1) is 29.0. The van der Waals surface area contributed by atoms with E-state index >= 15 is 0 Å². The molecule has 0 saturated heterocycles. The molecule has 0 atom stereocenters. The van der Waals surface area contributed by atoms with Gasteiger partial charge in [-0.25, -0.2) is 9.86 Å². The average Bonchev–Trinajstić information content (AvgIpc) is 3.44. The molecule has 0 spiro atoms. The Morgan fingerprint density at radius 1 is 0.867 bits per heavy atom. The predicted molar refractivity (Wildman–Crippen MR) is 233 cm³/mol. The van der Waals surface area contributed by atoms with Crippen LogP contribution in [0.15, 0.2) is 126 Å². The normalized spacial score (nSPS) is 14.5. The van der Waals surface area contributed by atoms with Crippen LogP contribution < -0.4 is 10.6 Å². The number of amides is 3. The summed E-state index contributed by atoms with van der Waals surface area (Å²) in [7, 11) is 0. The van der Waals surface area contributed by atoms with E-state index in [-0.39, 0.29) is 17.9 Å². The van der Waals surface area contributed by atoms with Crippen LogP contribution in [0, 0.1) is 0 Å². The van der Waals surface area contributed by atoms with E-state index in [1.54, 1.807) is 23.2 Å². The van der Waals surface area contributed by atoms with E-state index in [1.165, 1.54) is 11.3 Å². The van der Waals surface area contributed by atoms with Gasteiger partial charge in [-0.1, -0.05) is 97.9 Å². The van der Waals surface area contributed by atoms with Crippen LogP contribution in [0.5, 0.6) is 0 Å². The third kappa shape index (κ3) is 9.29. The van der Waals surface area contributed by atoms with Crippen molar-refractivity contribution in [2.75, 3.05) is 30.3 Å². The second-order valence-electron chi connectivity index (χ2n) is 15.8. The maximum Gasteiger partial charge on any atom is 0.410 e. The molecule has 7 rings (SSSR count). The molecule has 2 aliphatic rings. The molecule has 5 aromatic rings. The largest absolute Gasteiger partial charge is 0.444 e. The molecule has 2 aromatic heterocycles. The highest BCUT2D eigenvalue weighted by molar-refractivity contribution is 6.11. The summed E-state index contributed by atoms with van der Waals surface area (Å²) in [6.07, 6.45) is 5.86. The van der Waals surface area contributed by atoms with Crippen LogP contribution in [0.1, 0.15) is 91.5 Å². The Bertz CT molecular complexity index is 2290. The van der Waals surface area contributed by atoms with E-state index in [9.17, 15) is 14.4 Å². The predicted octanol–water partition coefficient (Wildman–Crippen LogP) is 8.80. The summed E-state index contributed by atoms with van der Waals surface area (Å²) < 4.78 is 5.60. The smallest absolute Gasteiger partial charge is 0.410 e. The van der Waals surface area contributed by atoms with Crippen molar-refractivity contribution in [2.24, 2.45) is 4.99 Å². The van der Waals surface area contributed by atoms with E-state index in [0.717, 1.165) is 27.9 Å². The number of fused-ring (bicyclic) bond motifs is 2. The monoisotopic (exact) mass is 805 g/mol. The minimum atomic E-state index is -1.03. The molecule has 0 aliphatic carbocycles. The second kappa shape index (κ2) is 18.1. The topological polar surface area (TPSA) is 138 Å². The molecule has 0 fully saturated rings. The fraction of sp³-hybridized carbons (Fsp3) is 0.292. The summed E-state index contributed by atoms with van der Waals surface area (Å²) in [6.45, 7) is 10.9. The van der Waals surface area contributed by atoms with Gasteiger partial charge in [0.1, 0.15) is 17.0 Å². The zero-order valence-corrected chi connectivity index (χ0v) is 34.8. The van der Waals surface area contributed by atoms with E-state index < -0.39 is 23.1 Å². The van der Waals surface area contributed by atoms with E-state index in [4.69, 9.17) is 19.6 Å². The average molecular weight is 806 g/mol. The highest BCUT2D eigenvalue weighted by Crippen LogP contribution is 2.42. The molecule has 0 radical (unpaired) electrons. The Labute approximate surface area is 351 Å². The molecule has 2 N–H and O–H groups in total. The zero-order valence-electron chi connectivity index (χ0n) is 34.8. The number of benzene rings is 3. The number of carbonyl (C=O) groups is 3. The number of ether oxygens (including phenoxy) is 1. The van der Waals surface area contributed by atoms with Gasteiger partial charge in [-0.15, -0.1) is 0 Å². The van der Waals surface area contributed by atoms with Gasteiger partial charge in [0.25, 0.3) is 11.8 Å². The summed E-state index contributed by atoms with van der Waals surface area (Å²) in [5.41, 5.74) is 4.99. The lowest BCUT2D eigenvalue weighted by atomic mass is 9.77. The quantitative estimate of drug-likeness (QED) is 0.0999. The number of hydrogen-bond donors (Lipinski definition) is 2. The molecule has 0 unspecified atom stereocenters. The molecular formula is C48H51N7O5. The molecular weight excluding hydrogens is 755 g/mol. The van der Waals surface area contributed by atoms with Gasteiger partial charge in [0.15, 0.2) is 0 Å². The molecule has 60 heavy (non-hydrogen) atoms. The number of anilines is 2. The van der Waals surface area contributed by atoms with E-state index in [1.807, 2.05) is 95.3 Å². The van der Waals surface area contributed by atoms with Crippen LogP contribution in [-0.4, -0.2) is 69.0 Å². The van der Waals surface area contributed by atoms with Crippen LogP contribution in [0.3, 0.4) is 0 Å². The van der Waals surface area contributed by atoms with Gasteiger partial charge in [0.2, 0.25) is 0 Å². The van der Waals surface area contributed by atoms with Crippen molar-refractivity contribution in [3.05, 3.63) is 160 Å². The Kier molecular flexibility index (Phi) is 12.5. The minimum absolute atomic E-state index is 0.124. The molecule has 308 valence electrons. The lowest BCUT2D eigenvalue weighted by molar-refractivity contribution is -0.180. The number of hydrogen-bond acceptors (Lipinski definition) is 8. The van der Waals surface area contributed by atoms with Gasteiger partial charge in [0.05, 0.1) is 42.0 Å². The number of amidine groups is 1. The van der Waals surface area contributed by atoms with Gasteiger partial charge in [-0.05, 0) is 74.6 Å². The van der Waals surface area contributed by atoms with Gasteiger partial charge >= 0.3 is 6.09 Å². The first kappa shape index (κ1) is 41.5. The van der Waals surface area contributed by atoms with Crippen molar-refractivity contribution >= 4 is 41.2 Å². The summed E-state index contributed by atoms with van der Waals surface area (Å²) in [5.74, 6) is -0.209. The van der Waals surface area contributed by atoms with Gasteiger partial charge in [-0.3, -0.25) is 29.4 Å². The maximum atomic E-state index is 14.3. The highest BCUT2D eigenvalue weighted by Gasteiger charge is 2.38. The number of nitrogens with one attached hydrogen (secondary N) is 2. The molecule has 4 heterocycles. The maximum absolute atomic E-state index is 14.3. The van der Waals surface area contributed by atoms with Gasteiger partial charge < -0.3 is 20.3 Å². The number of hydroxylamine groups is 2. The molecule has 12 nitrogen and oxygen atoms in total. The molecule has 0 saturated carbocycles. The lowest BCUT2D eigenvalue weighted by Crippen LogP contribution is -2.40. The lowest BCUT2D eigenvalue weighted by Gasteiger charge is -2.33. The van der Waals surface area contributed by atoms with Crippen LogP contribution in [0.4, 0.5) is 16.2 Å². The first-order valence-electron chi connectivity index (χ1n) is 20.4. The summed E-state index contributed by atoms with van der Waals surface area (Å²) in [6, 6.07) is 33.8. The molecule has 12 heteroatoms. The van der Waals surface area contributed by atoms with Crippen molar-refractivity contribution in [3.8, 4) is 0 Å². The van der Waals surface area contributed by atoms with Crippen LogP contribution in [-0.2, 0) is 32.9 Å². The number of nitrogens with zero attached hydrogens (tertiary/aromatic N) is 5. The third-order valence-electron chi connectivity index (χ3n) is 10.2. The number of pyridine rings is 2. The standard InChI is InChI=1S/C48H51N7O5/c1-6-24-55(59-7-2)45(57)33-27-41-42(28-34(30-49-41)44(56)51-39-26-35-32-54(25-23-40(35)50-31-39)46(58)60-47(3,4)5)52-43(29-33)53-48(36-17-11-8-12-18-36,37-19-13-9-14-20-37)38-21-15-10-16-22-38/h8-22,26-28,30-31H,6-7,23-25,29,32H2,1-5H3,(H,51,56)(H,52,53). The van der Waals surface area contributed by atoms with E-state index in [2.05, 4.69) is 52.0 Å². The highest BCUT2D eigenvalue weighted by atomic mass is 16.7. The fourth-order valence-corrected chi connectivity index (χ4v) is 7.47. The summed E-state index contributed by atoms with van der Waals surface area (Å²) in [5, 5.41) is 7.89. The number of carbonyl (C=O) groups excluding carboxylic acids is 3. The van der Waals surface area contributed by atoms with Crippen molar-refractivity contribution in [1.29, 1.82) is 0 Å². The molecule has 3 amide bonds. The molecule has 2 aliphatic heterocycles. The Morgan fingerprint density at radius 3 is 2.08 bits per heavy atom. The van der Waals surface area contributed by atoms with Crippen molar-refractivity contribution in [2.45, 2.75) is 71.6 Å². The summed E-state index contributed by atoms with van der Waals surface area (Å²) >= 11 is 0. The molecule has 0 bridgehead atoms. The van der Waals surface area contributed by atoms with E-state index in [0.29, 0.717) is 67.6 Å². The van der Waals surface area contributed by atoms with Gasteiger partial charge in [-0.2, -0.15) is 0 Å². The third-order valence-corrected chi connectivity index (χ3v) is 10.2. The van der Waals surface area contributed by atoms with Crippen LogP contribution >= 0.6 is 0 Å². The Morgan fingerprint density at radius 2 is 1.50 bits per heavy atom. The summed E-state index contributed by atoms with van der Waals surface area (Å²) in [4.78, 5) is 63.5. The first-order valence-corrected chi connectivity index (χ1v) is 20.4. The fourth-order valence-electron chi connectivity index (χ4n) is 7.47.